The van der Waals surface area contributed by atoms with Crippen LogP contribution >= 0.6 is 0 Å². The molecule has 0 aromatic heterocycles. The number of para-hydroxylation sites is 2. The van der Waals surface area contributed by atoms with Crippen LogP contribution in [-0.2, 0) is 9.59 Å². The van der Waals surface area contributed by atoms with Gasteiger partial charge in [0.2, 0.25) is 5.91 Å². The lowest BCUT2D eigenvalue weighted by atomic mass is 10.2. The van der Waals surface area contributed by atoms with Gasteiger partial charge < -0.3 is 15.3 Å². The molecule has 0 atom stereocenters. The van der Waals surface area contributed by atoms with Crippen molar-refractivity contribution in [2.24, 2.45) is 0 Å². The van der Waals surface area contributed by atoms with Gasteiger partial charge in [0, 0.05) is 19.7 Å². The van der Waals surface area contributed by atoms with Crippen LogP contribution in [0.2, 0.25) is 0 Å². The molecule has 0 aliphatic heterocycles. The molecular weight excluding hydrogens is 266 g/mol. The van der Waals surface area contributed by atoms with E-state index in [9.17, 15) is 19.7 Å². The van der Waals surface area contributed by atoms with Crippen LogP contribution in [0.3, 0.4) is 0 Å². The number of nitro groups is 1. The monoisotopic (exact) mass is 281 g/mol. The fourth-order valence-corrected chi connectivity index (χ4v) is 1.61. The zero-order valence-electron chi connectivity index (χ0n) is 10.9. The minimum atomic E-state index is -1.00. The minimum Gasteiger partial charge on any atom is -0.481 e. The predicted octanol–water partition coefficient (Wildman–Crippen LogP) is 0.622. The number of rotatable bonds is 7. The van der Waals surface area contributed by atoms with Crippen LogP contribution in [0.5, 0.6) is 0 Å². The molecule has 0 fully saturated rings. The van der Waals surface area contributed by atoms with E-state index in [2.05, 4.69) is 5.32 Å². The highest BCUT2D eigenvalue weighted by Gasteiger charge is 2.17. The van der Waals surface area contributed by atoms with Crippen LogP contribution < -0.4 is 10.2 Å². The summed E-state index contributed by atoms with van der Waals surface area (Å²) in [6.45, 7) is -0.0661. The first-order chi connectivity index (χ1) is 9.41. The number of anilines is 1. The van der Waals surface area contributed by atoms with E-state index < -0.39 is 16.8 Å². The van der Waals surface area contributed by atoms with Gasteiger partial charge in [-0.05, 0) is 6.07 Å². The molecule has 0 unspecified atom stereocenters. The van der Waals surface area contributed by atoms with Gasteiger partial charge >= 0.3 is 5.97 Å². The lowest BCUT2D eigenvalue weighted by Gasteiger charge is -2.18. The summed E-state index contributed by atoms with van der Waals surface area (Å²) in [5.74, 6) is -1.40. The molecular formula is C12H15N3O5. The zero-order valence-corrected chi connectivity index (χ0v) is 10.9. The Morgan fingerprint density at radius 2 is 2.05 bits per heavy atom. The number of nitro benzene ring substituents is 1. The van der Waals surface area contributed by atoms with Gasteiger partial charge in [-0.3, -0.25) is 19.7 Å². The second-order valence-electron chi connectivity index (χ2n) is 4.10. The van der Waals surface area contributed by atoms with Crippen molar-refractivity contribution in [3.8, 4) is 0 Å². The van der Waals surface area contributed by atoms with Crippen molar-refractivity contribution in [1.82, 2.24) is 5.32 Å². The molecule has 1 amide bonds. The highest BCUT2D eigenvalue weighted by Crippen LogP contribution is 2.26. The lowest BCUT2D eigenvalue weighted by molar-refractivity contribution is -0.384. The summed E-state index contributed by atoms with van der Waals surface area (Å²) in [4.78, 5) is 33.7. The molecule has 8 heteroatoms. The van der Waals surface area contributed by atoms with Crippen LogP contribution in [0.15, 0.2) is 24.3 Å². The first-order valence-corrected chi connectivity index (χ1v) is 5.85. The Morgan fingerprint density at radius 1 is 1.40 bits per heavy atom. The third kappa shape index (κ3) is 4.56. The van der Waals surface area contributed by atoms with Gasteiger partial charge in [-0.1, -0.05) is 12.1 Å². The van der Waals surface area contributed by atoms with Crippen molar-refractivity contribution in [2.75, 3.05) is 25.0 Å². The highest BCUT2D eigenvalue weighted by molar-refractivity contribution is 5.82. The number of aliphatic carboxylic acids is 1. The summed E-state index contributed by atoms with van der Waals surface area (Å²) in [6.07, 6.45) is -0.166. The standard InChI is InChI=1S/C12H15N3O5/c1-14(8-11(16)13-7-6-12(17)18)9-4-2-3-5-10(9)15(19)20/h2-5H,6-8H2,1H3,(H,13,16)(H,17,18). The second-order valence-corrected chi connectivity index (χ2v) is 4.10. The van der Waals surface area contributed by atoms with Gasteiger partial charge in [0.15, 0.2) is 0 Å². The third-order valence-corrected chi connectivity index (χ3v) is 2.53. The van der Waals surface area contributed by atoms with Gasteiger partial charge in [0.05, 0.1) is 17.9 Å². The van der Waals surface area contributed by atoms with Gasteiger partial charge in [0.25, 0.3) is 5.69 Å². The van der Waals surface area contributed by atoms with Crippen LogP contribution in [-0.4, -0.2) is 42.0 Å². The summed E-state index contributed by atoms with van der Waals surface area (Å²) in [5, 5.41) is 21.8. The molecule has 0 saturated heterocycles. The van der Waals surface area contributed by atoms with Crippen LogP contribution in [0.25, 0.3) is 0 Å². The summed E-state index contributed by atoms with van der Waals surface area (Å²) < 4.78 is 0. The molecule has 0 saturated carbocycles. The van der Waals surface area contributed by atoms with Crippen molar-refractivity contribution >= 4 is 23.3 Å². The third-order valence-electron chi connectivity index (χ3n) is 2.53. The average molecular weight is 281 g/mol. The molecule has 20 heavy (non-hydrogen) atoms. The van der Waals surface area contributed by atoms with Crippen molar-refractivity contribution in [3.05, 3.63) is 34.4 Å². The van der Waals surface area contributed by atoms with Crippen molar-refractivity contribution in [2.45, 2.75) is 6.42 Å². The first-order valence-electron chi connectivity index (χ1n) is 5.85. The van der Waals surface area contributed by atoms with E-state index in [0.717, 1.165) is 0 Å². The van der Waals surface area contributed by atoms with Crippen molar-refractivity contribution in [1.29, 1.82) is 0 Å². The van der Waals surface area contributed by atoms with E-state index in [0.29, 0.717) is 5.69 Å². The van der Waals surface area contributed by atoms with Crippen molar-refractivity contribution < 1.29 is 19.6 Å². The number of likely N-dealkylation sites (N-methyl/N-ethyl adjacent to an activating group) is 1. The summed E-state index contributed by atoms with van der Waals surface area (Å²) >= 11 is 0. The molecule has 0 radical (unpaired) electrons. The Hall–Kier alpha value is -2.64. The minimum absolute atomic E-state index is 0.0267. The van der Waals surface area contributed by atoms with Crippen LogP contribution in [0, 0.1) is 10.1 Å². The molecule has 108 valence electrons. The zero-order chi connectivity index (χ0) is 15.1. The Morgan fingerprint density at radius 3 is 2.65 bits per heavy atom. The Balaban J connectivity index is 2.62. The summed E-state index contributed by atoms with van der Waals surface area (Å²) in [6, 6.07) is 6.08. The number of nitrogens with zero attached hydrogens (tertiary/aromatic N) is 2. The fraction of sp³-hybridized carbons (Fsp3) is 0.333. The summed E-state index contributed by atoms with van der Waals surface area (Å²) in [7, 11) is 1.55. The number of benzene rings is 1. The predicted molar refractivity (Wildman–Crippen MR) is 71.6 cm³/mol. The molecule has 1 aromatic carbocycles. The first kappa shape index (κ1) is 15.4. The summed E-state index contributed by atoms with van der Waals surface area (Å²) in [5.41, 5.74) is 0.235. The lowest BCUT2D eigenvalue weighted by Crippen LogP contribution is -2.36. The smallest absolute Gasteiger partial charge is 0.305 e. The maximum Gasteiger partial charge on any atom is 0.305 e. The average Bonchev–Trinajstić information content (AvgIpc) is 2.38. The Kier molecular flexibility index (Phi) is 5.45. The molecule has 0 heterocycles. The Bertz CT molecular complexity index is 518. The normalized spacial score (nSPS) is 9.85. The SMILES string of the molecule is CN(CC(=O)NCCC(=O)O)c1ccccc1[N+](=O)[O-]. The molecule has 0 bridgehead atoms. The number of hydrogen-bond acceptors (Lipinski definition) is 5. The van der Waals surface area contributed by atoms with Gasteiger partial charge in [0.1, 0.15) is 5.69 Å². The maximum atomic E-state index is 11.6. The van der Waals surface area contributed by atoms with E-state index >= 15 is 0 Å². The number of amides is 1. The van der Waals surface area contributed by atoms with Crippen LogP contribution in [0.4, 0.5) is 11.4 Å². The van der Waals surface area contributed by atoms with Crippen molar-refractivity contribution in [3.63, 3.8) is 0 Å². The largest absolute Gasteiger partial charge is 0.481 e. The topological polar surface area (TPSA) is 113 Å². The Labute approximate surface area is 115 Å². The number of carboxylic acid groups (broad SMARTS) is 1. The second kappa shape index (κ2) is 7.07. The van der Waals surface area contributed by atoms with E-state index in [1.807, 2.05) is 0 Å². The van der Waals surface area contributed by atoms with E-state index in [4.69, 9.17) is 5.11 Å². The molecule has 2 N–H and O–H groups in total. The number of carbonyl (C=O) groups is 2. The molecule has 1 aromatic rings. The van der Waals surface area contributed by atoms with Gasteiger partial charge in [-0.25, -0.2) is 0 Å². The molecule has 0 spiro atoms. The molecule has 0 aliphatic rings. The number of nitrogens with one attached hydrogen (secondary N) is 1. The molecule has 0 aliphatic carbocycles. The van der Waals surface area contributed by atoms with E-state index in [1.165, 1.54) is 11.0 Å². The highest BCUT2D eigenvalue weighted by atomic mass is 16.6. The fourth-order valence-electron chi connectivity index (χ4n) is 1.61. The number of hydrogen-bond donors (Lipinski definition) is 2. The van der Waals surface area contributed by atoms with Gasteiger partial charge in [-0.2, -0.15) is 0 Å². The maximum absolute atomic E-state index is 11.6. The number of carbonyl (C=O) groups excluding carboxylic acids is 1. The van der Waals surface area contributed by atoms with Crippen LogP contribution in [0.1, 0.15) is 6.42 Å². The van der Waals surface area contributed by atoms with E-state index in [1.54, 1.807) is 25.2 Å². The van der Waals surface area contributed by atoms with Gasteiger partial charge in [-0.15, -0.1) is 0 Å². The molecule has 1 rings (SSSR count). The van der Waals surface area contributed by atoms with E-state index in [-0.39, 0.29) is 25.2 Å². The number of carboxylic acids is 1. The molecule has 8 nitrogen and oxygen atoms in total. The quantitative estimate of drug-likeness (QED) is 0.559.